The molecule has 0 amide bonds. The van der Waals surface area contributed by atoms with Crippen molar-refractivity contribution >= 4 is 0 Å². The molecule has 0 aliphatic carbocycles. The van der Waals surface area contributed by atoms with Crippen molar-refractivity contribution in [2.24, 2.45) is 0 Å². The summed E-state index contributed by atoms with van der Waals surface area (Å²) in [7, 11) is 0. The second-order valence-electron chi connectivity index (χ2n) is 0.238. The van der Waals surface area contributed by atoms with Crippen LogP contribution in [0.3, 0.4) is 0 Å². The first kappa shape index (κ1) is 33.1. The molecule has 0 unspecified atom stereocenters. The Kier molecular flexibility index (Phi) is 96.4. The molecule has 0 radical (unpaired) electrons. The molecule has 0 rings (SSSR count). The Morgan fingerprint density at radius 2 is 1.12 bits per heavy atom. The minimum atomic E-state index is -1.50. The van der Waals surface area contributed by atoms with Crippen molar-refractivity contribution in [2.75, 3.05) is 0 Å². The fourth-order valence-electron chi connectivity index (χ4n) is 0. The van der Waals surface area contributed by atoms with Crippen LogP contribution in [-0.4, -0.2) is 10.3 Å². The minimum absolute atomic E-state index is 0. The molecule has 0 aromatic heterocycles. The Morgan fingerprint density at radius 1 is 1.12 bits per heavy atom. The van der Waals surface area contributed by atoms with Crippen molar-refractivity contribution in [1.82, 2.24) is 0 Å². The Hall–Kier alpha value is 1.75. The van der Waals surface area contributed by atoms with E-state index in [4.69, 9.17) is 15.3 Å². The van der Waals surface area contributed by atoms with E-state index >= 15 is 0 Å². The van der Waals surface area contributed by atoms with Crippen molar-refractivity contribution in [3.63, 3.8) is 0 Å². The van der Waals surface area contributed by atoms with Gasteiger partial charge in [-0.1, -0.05) is 0 Å². The largest absolute Gasteiger partial charge is 0.328 e. The van der Waals surface area contributed by atoms with E-state index in [2.05, 4.69) is 0 Å². The van der Waals surface area contributed by atoms with Gasteiger partial charge in [-0.05, 0) is 0 Å². The van der Waals surface area contributed by atoms with Crippen LogP contribution in [0.2, 0.25) is 0 Å². The van der Waals surface area contributed by atoms with Gasteiger partial charge in [-0.3, -0.25) is 0 Å². The summed E-state index contributed by atoms with van der Waals surface area (Å²) in [5.74, 6) is 0. The summed E-state index contributed by atoms with van der Waals surface area (Å²) in [5.41, 5.74) is 0. The van der Waals surface area contributed by atoms with Crippen LogP contribution in [0.4, 0.5) is 0 Å². The average Bonchev–Trinajstić information content (AvgIpc) is 0.811. The Morgan fingerprint density at radius 3 is 1.12 bits per heavy atom. The first-order chi connectivity index (χ1) is 1.73. The molecule has 0 aromatic carbocycles. The minimum Gasteiger partial charge on any atom is -0.328 e. The third-order valence-electron chi connectivity index (χ3n) is 0. The first-order valence-electron chi connectivity index (χ1n) is 0.565. The normalized spacial score (nSPS) is 3.00. The molecule has 0 aliphatic rings. The zero-order chi connectivity index (χ0) is 3.58. The molecular weight excluding hydrogens is 823 g/mol. The molecule has 0 bridgehead atoms. The quantitative estimate of drug-likeness (QED) is 0.269. The Bertz CT molecular complexity index is 34.3. The summed E-state index contributed by atoms with van der Waals surface area (Å²) in [4.78, 5) is 8.36. The van der Waals surface area contributed by atoms with Crippen LogP contribution in [0.15, 0.2) is 0 Å². The summed E-state index contributed by atoms with van der Waals surface area (Å²) in [6, 6.07) is 0. The average molecular weight is 824 g/mol. The summed E-state index contributed by atoms with van der Waals surface area (Å²) >= 11 is 0. The van der Waals surface area contributed by atoms with Gasteiger partial charge in [0, 0.05) is 79.2 Å². The molecule has 0 heterocycles. The maximum absolute atomic E-state index is 8.36. The van der Waals surface area contributed by atoms with E-state index in [0.717, 1.165) is 0 Å². The molecule has 0 aromatic rings. The molecule has 0 saturated carbocycles. The standard InChI is InChI=1S/HNO3.4Os/c2-1(3)4;;;;/h(H,2,3,4);;;;. The van der Waals surface area contributed by atoms with Crippen LogP contribution >= 0.6 is 0 Å². The van der Waals surface area contributed by atoms with E-state index in [0.29, 0.717) is 0 Å². The fourth-order valence-corrected chi connectivity index (χ4v) is 0. The molecule has 0 saturated heterocycles. The van der Waals surface area contributed by atoms with Gasteiger partial charge in [-0.2, -0.15) is 0 Å². The van der Waals surface area contributed by atoms with Gasteiger partial charge in [0.1, 0.15) is 0 Å². The molecule has 8 heavy (non-hydrogen) atoms. The molecule has 1 N–H and O–H groups in total. The first-order valence-corrected chi connectivity index (χ1v) is 0.565. The SMILES string of the molecule is O=[N+]([O-])O.[Os].[Os].[Os].[Os]. The van der Waals surface area contributed by atoms with E-state index in [1.165, 1.54) is 0 Å². The third kappa shape index (κ3) is 116. The predicted molar refractivity (Wildman–Crippen MR) is 8.78 cm³/mol. The number of hydrogen-bond acceptors (Lipinski definition) is 2. The van der Waals surface area contributed by atoms with Gasteiger partial charge in [-0.25, -0.2) is 0 Å². The molecule has 8 heteroatoms. The molecular formula is HNO3Os4. The number of nitrogens with zero attached hydrogens (tertiary/aromatic N) is 1. The summed E-state index contributed by atoms with van der Waals surface area (Å²) in [5, 5.41) is 13.6. The van der Waals surface area contributed by atoms with Crippen molar-refractivity contribution in [2.45, 2.75) is 0 Å². The summed E-state index contributed by atoms with van der Waals surface area (Å²) < 4.78 is 0. The Labute approximate surface area is 98.5 Å². The van der Waals surface area contributed by atoms with Gasteiger partial charge in [0.25, 0.3) is 5.09 Å². The van der Waals surface area contributed by atoms with Crippen LogP contribution < -0.4 is 0 Å². The molecule has 4 nitrogen and oxygen atoms in total. The molecule has 0 fully saturated rings. The second-order valence-corrected chi connectivity index (χ2v) is 0.238. The van der Waals surface area contributed by atoms with Crippen LogP contribution in [0.1, 0.15) is 0 Å². The number of rotatable bonds is 0. The van der Waals surface area contributed by atoms with E-state index in [1.54, 1.807) is 0 Å². The van der Waals surface area contributed by atoms with Gasteiger partial charge >= 0.3 is 0 Å². The zero-order valence-electron chi connectivity index (χ0n) is 3.13. The van der Waals surface area contributed by atoms with Gasteiger partial charge in [0.2, 0.25) is 0 Å². The summed E-state index contributed by atoms with van der Waals surface area (Å²) in [6.45, 7) is 0. The molecule has 0 atom stereocenters. The van der Waals surface area contributed by atoms with Crippen molar-refractivity contribution in [3.05, 3.63) is 10.1 Å². The zero-order valence-corrected chi connectivity index (χ0v) is 13.3. The van der Waals surface area contributed by atoms with Crippen molar-refractivity contribution in [3.8, 4) is 0 Å². The molecule has 0 aliphatic heterocycles. The fraction of sp³-hybridized carbons (Fsp3) is 0. The van der Waals surface area contributed by atoms with Crippen LogP contribution in [0.25, 0.3) is 0 Å². The topological polar surface area (TPSA) is 63.4 Å². The van der Waals surface area contributed by atoms with Crippen LogP contribution in [0.5, 0.6) is 0 Å². The molecule has 0 spiro atoms. The van der Waals surface area contributed by atoms with Gasteiger partial charge in [0.15, 0.2) is 0 Å². The van der Waals surface area contributed by atoms with Gasteiger partial charge in [0.05, 0.1) is 0 Å². The van der Waals surface area contributed by atoms with Crippen LogP contribution in [-0.2, 0) is 79.2 Å². The summed E-state index contributed by atoms with van der Waals surface area (Å²) in [6.07, 6.45) is 0. The van der Waals surface area contributed by atoms with E-state index < -0.39 is 5.09 Å². The second kappa shape index (κ2) is 23.3. The van der Waals surface area contributed by atoms with E-state index in [1.807, 2.05) is 0 Å². The monoisotopic (exact) mass is 831 g/mol. The number of hydrogen-bond donors (Lipinski definition) is 1. The van der Waals surface area contributed by atoms with E-state index in [-0.39, 0.29) is 79.2 Å². The van der Waals surface area contributed by atoms with Crippen molar-refractivity contribution < 1.29 is 89.5 Å². The van der Waals surface area contributed by atoms with Gasteiger partial charge in [-0.15, -0.1) is 10.1 Å². The van der Waals surface area contributed by atoms with Gasteiger partial charge < -0.3 is 5.21 Å². The maximum atomic E-state index is 8.36. The van der Waals surface area contributed by atoms with Crippen molar-refractivity contribution in [1.29, 1.82) is 0 Å². The third-order valence-corrected chi connectivity index (χ3v) is 0. The Balaban J connectivity index is -0.00000000750. The predicted octanol–water partition coefficient (Wildman–Crippen LogP) is -0.358. The smallest absolute Gasteiger partial charge is 0.291 e. The van der Waals surface area contributed by atoms with Crippen LogP contribution in [0, 0.1) is 10.1 Å². The maximum Gasteiger partial charge on any atom is 0.291 e. The van der Waals surface area contributed by atoms with E-state index in [9.17, 15) is 0 Å². The molecule has 56 valence electrons.